The number of nitrogens with zero attached hydrogens (tertiary/aromatic N) is 3. The maximum Gasteiger partial charge on any atom is 0.262 e. The largest absolute Gasteiger partial charge is 0.340 e. The van der Waals surface area contributed by atoms with E-state index in [-0.39, 0.29) is 24.3 Å². The van der Waals surface area contributed by atoms with Gasteiger partial charge in [-0.1, -0.05) is 12.1 Å². The normalized spacial score (nSPS) is 19.3. The molecule has 0 atom stereocenters. The molecule has 0 radical (unpaired) electrons. The minimum Gasteiger partial charge on any atom is -0.340 e. The molecule has 0 bridgehead atoms. The maximum atomic E-state index is 12.4. The van der Waals surface area contributed by atoms with Crippen LogP contribution in [-0.2, 0) is 4.79 Å². The van der Waals surface area contributed by atoms with Crippen LogP contribution in [0.5, 0.6) is 0 Å². The van der Waals surface area contributed by atoms with Crippen molar-refractivity contribution in [2.24, 2.45) is 0 Å². The van der Waals surface area contributed by atoms with Gasteiger partial charge in [0.15, 0.2) is 0 Å². The molecule has 1 aromatic rings. The molecule has 22 heavy (non-hydrogen) atoms. The van der Waals surface area contributed by atoms with Crippen molar-refractivity contribution in [2.75, 3.05) is 39.8 Å². The Kier molecular flexibility index (Phi) is 3.94. The molecule has 6 heteroatoms. The second-order valence-corrected chi connectivity index (χ2v) is 5.78. The van der Waals surface area contributed by atoms with Gasteiger partial charge in [0.2, 0.25) is 5.91 Å². The van der Waals surface area contributed by atoms with Crippen molar-refractivity contribution in [1.82, 2.24) is 14.7 Å². The molecular weight excluding hydrogens is 282 g/mol. The monoisotopic (exact) mass is 301 g/mol. The van der Waals surface area contributed by atoms with Gasteiger partial charge in [-0.3, -0.25) is 19.3 Å². The summed E-state index contributed by atoms with van der Waals surface area (Å²) >= 11 is 0. The highest BCUT2D eigenvalue weighted by Crippen LogP contribution is 2.22. The van der Waals surface area contributed by atoms with Crippen molar-refractivity contribution in [2.45, 2.75) is 6.42 Å². The topological polar surface area (TPSA) is 60.9 Å². The minimum atomic E-state index is -0.374. The second kappa shape index (κ2) is 5.88. The smallest absolute Gasteiger partial charge is 0.262 e. The first kappa shape index (κ1) is 14.7. The number of hydrogen-bond acceptors (Lipinski definition) is 4. The van der Waals surface area contributed by atoms with Crippen LogP contribution in [0.25, 0.3) is 0 Å². The number of benzene rings is 1. The number of carbonyl (C=O) groups excluding carboxylic acids is 3. The number of carbonyl (C=O) groups is 3. The highest BCUT2D eigenvalue weighted by molar-refractivity contribution is 6.22. The van der Waals surface area contributed by atoms with E-state index in [1.165, 1.54) is 0 Å². The lowest BCUT2D eigenvalue weighted by atomic mass is 10.1. The molecule has 0 N–H and O–H groups in total. The second-order valence-electron chi connectivity index (χ2n) is 5.78. The summed E-state index contributed by atoms with van der Waals surface area (Å²) in [5, 5.41) is 0. The molecule has 3 amide bonds. The quantitative estimate of drug-likeness (QED) is 0.744. The molecule has 2 heterocycles. The number of fused-ring (bicyclic) bond motifs is 1. The van der Waals surface area contributed by atoms with Crippen molar-refractivity contribution in [3.63, 3.8) is 0 Å². The zero-order chi connectivity index (χ0) is 15.7. The van der Waals surface area contributed by atoms with Gasteiger partial charge >= 0.3 is 0 Å². The Morgan fingerprint density at radius 2 is 1.64 bits per heavy atom. The van der Waals surface area contributed by atoms with E-state index in [4.69, 9.17) is 0 Å². The average molecular weight is 301 g/mol. The van der Waals surface area contributed by atoms with Crippen LogP contribution >= 0.6 is 0 Å². The summed E-state index contributed by atoms with van der Waals surface area (Å²) in [6, 6.07) is 6.70. The summed E-state index contributed by atoms with van der Waals surface area (Å²) in [7, 11) is 2.03. The van der Waals surface area contributed by atoms with Gasteiger partial charge in [0.1, 0.15) is 6.54 Å². The van der Waals surface area contributed by atoms with E-state index in [0.29, 0.717) is 24.2 Å². The number of amides is 3. The van der Waals surface area contributed by atoms with Gasteiger partial charge in [-0.2, -0.15) is 0 Å². The molecule has 0 unspecified atom stereocenters. The molecule has 1 aromatic carbocycles. The third-order valence-electron chi connectivity index (χ3n) is 4.24. The molecule has 6 nitrogen and oxygen atoms in total. The molecule has 116 valence electrons. The van der Waals surface area contributed by atoms with E-state index in [0.717, 1.165) is 24.4 Å². The van der Waals surface area contributed by atoms with Gasteiger partial charge < -0.3 is 9.80 Å². The van der Waals surface area contributed by atoms with Gasteiger partial charge in [0.25, 0.3) is 11.8 Å². The van der Waals surface area contributed by atoms with Crippen molar-refractivity contribution in [3.05, 3.63) is 35.4 Å². The molecule has 0 saturated carbocycles. The molecule has 1 fully saturated rings. The minimum absolute atomic E-state index is 0.162. The van der Waals surface area contributed by atoms with Crippen LogP contribution in [0, 0.1) is 0 Å². The molecule has 0 aromatic heterocycles. The van der Waals surface area contributed by atoms with Gasteiger partial charge in [-0.25, -0.2) is 0 Å². The van der Waals surface area contributed by atoms with E-state index in [1.807, 2.05) is 7.05 Å². The third-order valence-corrected chi connectivity index (χ3v) is 4.24. The lowest BCUT2D eigenvalue weighted by molar-refractivity contribution is -0.131. The van der Waals surface area contributed by atoms with Crippen molar-refractivity contribution in [3.8, 4) is 0 Å². The molecule has 2 aliphatic heterocycles. The number of likely N-dealkylation sites (N-methyl/N-ethyl adjacent to an activating group) is 1. The van der Waals surface area contributed by atoms with Gasteiger partial charge in [-0.15, -0.1) is 0 Å². The third kappa shape index (κ3) is 2.62. The van der Waals surface area contributed by atoms with E-state index in [9.17, 15) is 14.4 Å². The number of hydrogen-bond donors (Lipinski definition) is 0. The first-order valence-corrected chi connectivity index (χ1v) is 7.49. The Morgan fingerprint density at radius 3 is 2.27 bits per heavy atom. The Balaban J connectivity index is 1.70. The molecule has 3 rings (SSSR count). The van der Waals surface area contributed by atoms with Gasteiger partial charge in [0, 0.05) is 19.6 Å². The number of rotatable bonds is 2. The highest BCUT2D eigenvalue weighted by atomic mass is 16.2. The predicted molar refractivity (Wildman–Crippen MR) is 80.5 cm³/mol. The Morgan fingerprint density at radius 1 is 1.00 bits per heavy atom. The van der Waals surface area contributed by atoms with Crippen LogP contribution in [-0.4, -0.2) is 72.2 Å². The summed E-state index contributed by atoms with van der Waals surface area (Å²) < 4.78 is 0. The van der Waals surface area contributed by atoms with Crippen molar-refractivity contribution < 1.29 is 14.4 Å². The first-order chi connectivity index (χ1) is 10.6. The van der Waals surface area contributed by atoms with E-state index < -0.39 is 0 Å². The van der Waals surface area contributed by atoms with Crippen LogP contribution in [0.4, 0.5) is 0 Å². The molecule has 0 spiro atoms. The summed E-state index contributed by atoms with van der Waals surface area (Å²) in [6.07, 6.45) is 0.907. The Bertz CT molecular complexity index is 594. The Labute approximate surface area is 129 Å². The van der Waals surface area contributed by atoms with Crippen LogP contribution in [0.1, 0.15) is 27.1 Å². The fraction of sp³-hybridized carbons (Fsp3) is 0.438. The zero-order valence-electron chi connectivity index (χ0n) is 12.6. The van der Waals surface area contributed by atoms with Gasteiger partial charge in [-0.05, 0) is 32.1 Å². The van der Waals surface area contributed by atoms with E-state index in [2.05, 4.69) is 4.90 Å². The fourth-order valence-electron chi connectivity index (χ4n) is 2.91. The Hall–Kier alpha value is -2.21. The SMILES string of the molecule is CN1CCCN(C(=O)CN2C(=O)c3ccccc3C2=O)CC1. The summed E-state index contributed by atoms with van der Waals surface area (Å²) in [5.41, 5.74) is 0.770. The summed E-state index contributed by atoms with van der Waals surface area (Å²) in [5.74, 6) is -0.911. The van der Waals surface area contributed by atoms with Gasteiger partial charge in [0.05, 0.1) is 11.1 Å². The van der Waals surface area contributed by atoms with Crippen LogP contribution in [0.2, 0.25) is 0 Å². The number of imide groups is 1. The molecular formula is C16H19N3O3. The lowest BCUT2D eigenvalue weighted by Crippen LogP contribution is -2.43. The molecule has 0 aliphatic carbocycles. The van der Waals surface area contributed by atoms with Crippen LogP contribution < -0.4 is 0 Å². The molecule has 1 saturated heterocycles. The van der Waals surface area contributed by atoms with Crippen molar-refractivity contribution >= 4 is 17.7 Å². The zero-order valence-corrected chi connectivity index (χ0v) is 12.6. The van der Waals surface area contributed by atoms with E-state index in [1.54, 1.807) is 29.2 Å². The van der Waals surface area contributed by atoms with Crippen molar-refractivity contribution in [1.29, 1.82) is 0 Å². The average Bonchev–Trinajstić information content (AvgIpc) is 2.69. The van der Waals surface area contributed by atoms with E-state index >= 15 is 0 Å². The molecule has 2 aliphatic rings. The fourth-order valence-corrected chi connectivity index (χ4v) is 2.91. The summed E-state index contributed by atoms with van der Waals surface area (Å²) in [6.45, 7) is 2.91. The summed E-state index contributed by atoms with van der Waals surface area (Å²) in [4.78, 5) is 41.9. The predicted octanol–water partition coefficient (Wildman–Crippen LogP) is 0.447. The maximum absolute atomic E-state index is 12.4. The first-order valence-electron chi connectivity index (χ1n) is 7.49. The standard InChI is InChI=1S/C16H19N3O3/c1-17-7-4-8-18(10-9-17)14(20)11-19-15(21)12-5-2-3-6-13(12)16(19)22/h2-3,5-6H,4,7-11H2,1H3. The lowest BCUT2D eigenvalue weighted by Gasteiger charge is -2.23. The highest BCUT2D eigenvalue weighted by Gasteiger charge is 2.37. The van der Waals surface area contributed by atoms with Crippen LogP contribution in [0.15, 0.2) is 24.3 Å². The van der Waals surface area contributed by atoms with Crippen LogP contribution in [0.3, 0.4) is 0 Å².